The molecule has 1 atom stereocenters. The van der Waals surface area contributed by atoms with E-state index >= 15 is 0 Å². The second kappa shape index (κ2) is 9.67. The number of benzene rings is 2. The third-order valence-electron chi connectivity index (χ3n) is 3.55. The predicted molar refractivity (Wildman–Crippen MR) is 95.2 cm³/mol. The van der Waals surface area contributed by atoms with Crippen molar-refractivity contribution in [3.63, 3.8) is 0 Å². The van der Waals surface area contributed by atoms with Gasteiger partial charge in [-0.05, 0) is 36.6 Å². The van der Waals surface area contributed by atoms with Crippen molar-refractivity contribution in [3.05, 3.63) is 71.5 Å². The molecule has 0 radical (unpaired) electrons. The van der Waals surface area contributed by atoms with Crippen molar-refractivity contribution in [2.24, 2.45) is 4.99 Å². The number of aliphatic hydroxyl groups is 1. The van der Waals surface area contributed by atoms with E-state index in [2.05, 4.69) is 15.6 Å². The van der Waals surface area contributed by atoms with Crippen LogP contribution in [0, 0.1) is 5.82 Å². The molecule has 0 aliphatic rings. The number of halogens is 1. The van der Waals surface area contributed by atoms with Crippen molar-refractivity contribution in [1.29, 1.82) is 0 Å². The number of aliphatic hydroxyl groups excluding tert-OH is 1. The van der Waals surface area contributed by atoms with Crippen LogP contribution in [0.3, 0.4) is 0 Å². The van der Waals surface area contributed by atoms with E-state index in [9.17, 15) is 9.50 Å². The standard InChI is InChI=1S/C19H24FN3O/c1-2-21-19(23-14-15-7-6-10-17(20)13-15)22-12-11-18(24)16-8-4-3-5-9-16/h3-10,13,18,24H,2,11-12,14H2,1H3,(H2,21,22,23). The number of guanidine groups is 1. The largest absolute Gasteiger partial charge is 0.388 e. The van der Waals surface area contributed by atoms with Crippen molar-refractivity contribution in [3.8, 4) is 0 Å². The number of aliphatic imine (C=N–C) groups is 1. The fraction of sp³-hybridized carbons (Fsp3) is 0.316. The number of hydrogen-bond donors (Lipinski definition) is 3. The monoisotopic (exact) mass is 329 g/mol. The molecular weight excluding hydrogens is 305 g/mol. The summed E-state index contributed by atoms with van der Waals surface area (Å²) in [6.07, 6.45) is 0.0683. The topological polar surface area (TPSA) is 56.7 Å². The van der Waals surface area contributed by atoms with Gasteiger partial charge in [0.05, 0.1) is 12.6 Å². The Morgan fingerprint density at radius 3 is 2.62 bits per heavy atom. The highest BCUT2D eigenvalue weighted by Gasteiger charge is 2.07. The van der Waals surface area contributed by atoms with Crippen LogP contribution in [0.25, 0.3) is 0 Å². The fourth-order valence-electron chi connectivity index (χ4n) is 2.32. The number of hydrogen-bond acceptors (Lipinski definition) is 2. The summed E-state index contributed by atoms with van der Waals surface area (Å²) in [6.45, 7) is 3.70. The molecule has 3 N–H and O–H groups in total. The Morgan fingerprint density at radius 2 is 1.92 bits per heavy atom. The molecule has 2 aromatic rings. The number of nitrogens with one attached hydrogen (secondary N) is 2. The second-order valence-corrected chi connectivity index (χ2v) is 5.47. The van der Waals surface area contributed by atoms with Crippen molar-refractivity contribution in [1.82, 2.24) is 10.6 Å². The molecule has 0 aromatic heterocycles. The molecule has 0 saturated heterocycles. The van der Waals surface area contributed by atoms with Crippen LogP contribution >= 0.6 is 0 Å². The van der Waals surface area contributed by atoms with Gasteiger partial charge >= 0.3 is 0 Å². The average Bonchev–Trinajstić information content (AvgIpc) is 2.60. The molecule has 5 heteroatoms. The molecule has 0 aliphatic carbocycles. The molecule has 0 heterocycles. The minimum atomic E-state index is -0.509. The second-order valence-electron chi connectivity index (χ2n) is 5.47. The summed E-state index contributed by atoms with van der Waals surface area (Å²) >= 11 is 0. The minimum absolute atomic E-state index is 0.258. The smallest absolute Gasteiger partial charge is 0.191 e. The summed E-state index contributed by atoms with van der Waals surface area (Å²) in [5, 5.41) is 16.5. The Bertz CT molecular complexity index is 646. The highest BCUT2D eigenvalue weighted by atomic mass is 19.1. The van der Waals surface area contributed by atoms with Gasteiger partial charge in [-0.3, -0.25) is 0 Å². The Kier molecular flexibility index (Phi) is 7.23. The summed E-state index contributed by atoms with van der Waals surface area (Å²) in [4.78, 5) is 4.44. The van der Waals surface area contributed by atoms with E-state index in [0.717, 1.165) is 17.7 Å². The lowest BCUT2D eigenvalue weighted by atomic mass is 10.1. The van der Waals surface area contributed by atoms with E-state index in [1.165, 1.54) is 12.1 Å². The molecule has 4 nitrogen and oxygen atoms in total. The summed E-state index contributed by atoms with van der Waals surface area (Å²) in [7, 11) is 0. The Morgan fingerprint density at radius 1 is 1.12 bits per heavy atom. The first-order chi connectivity index (χ1) is 11.7. The Hall–Kier alpha value is -2.40. The molecule has 1 unspecified atom stereocenters. The zero-order valence-corrected chi connectivity index (χ0v) is 13.9. The maximum absolute atomic E-state index is 13.2. The third kappa shape index (κ3) is 6.01. The van der Waals surface area contributed by atoms with Gasteiger partial charge in [-0.15, -0.1) is 0 Å². The summed E-state index contributed by atoms with van der Waals surface area (Å²) < 4.78 is 13.2. The van der Waals surface area contributed by atoms with Crippen molar-refractivity contribution < 1.29 is 9.50 Å². The average molecular weight is 329 g/mol. The van der Waals surface area contributed by atoms with E-state index in [1.807, 2.05) is 43.3 Å². The molecule has 0 saturated carbocycles. The zero-order chi connectivity index (χ0) is 17.2. The van der Waals surface area contributed by atoms with Crippen molar-refractivity contribution >= 4 is 5.96 Å². The lowest BCUT2D eigenvalue weighted by Gasteiger charge is -2.14. The molecule has 2 aromatic carbocycles. The SMILES string of the molecule is CCNC(=NCc1cccc(F)c1)NCCC(O)c1ccccc1. The maximum atomic E-state index is 13.2. The Balaban J connectivity index is 1.85. The predicted octanol–water partition coefficient (Wildman–Crippen LogP) is 3.00. The molecule has 0 fully saturated rings. The van der Waals surface area contributed by atoms with Gasteiger partial charge in [-0.2, -0.15) is 0 Å². The van der Waals surface area contributed by atoms with Crippen LogP contribution in [0.1, 0.15) is 30.6 Å². The molecule has 0 bridgehead atoms. The molecule has 0 amide bonds. The lowest BCUT2D eigenvalue weighted by Crippen LogP contribution is -2.38. The van der Waals surface area contributed by atoms with E-state index < -0.39 is 6.10 Å². The van der Waals surface area contributed by atoms with E-state index in [0.29, 0.717) is 25.5 Å². The van der Waals surface area contributed by atoms with Crippen LogP contribution in [0.15, 0.2) is 59.6 Å². The van der Waals surface area contributed by atoms with Crippen LogP contribution in [0.2, 0.25) is 0 Å². The summed E-state index contributed by atoms with van der Waals surface area (Å²) in [6, 6.07) is 16.0. The maximum Gasteiger partial charge on any atom is 0.191 e. The molecule has 0 spiro atoms. The van der Waals surface area contributed by atoms with Gasteiger partial charge in [0, 0.05) is 13.1 Å². The van der Waals surface area contributed by atoms with E-state index in [1.54, 1.807) is 6.07 Å². The van der Waals surface area contributed by atoms with Gasteiger partial charge in [0.15, 0.2) is 5.96 Å². The van der Waals surface area contributed by atoms with Gasteiger partial charge < -0.3 is 15.7 Å². The molecule has 128 valence electrons. The molecule has 2 rings (SSSR count). The highest BCUT2D eigenvalue weighted by molar-refractivity contribution is 5.79. The third-order valence-corrected chi connectivity index (χ3v) is 3.55. The number of rotatable bonds is 7. The first-order valence-electron chi connectivity index (χ1n) is 8.18. The van der Waals surface area contributed by atoms with Gasteiger partial charge in [-0.25, -0.2) is 9.38 Å². The fourth-order valence-corrected chi connectivity index (χ4v) is 2.32. The van der Waals surface area contributed by atoms with Crippen molar-refractivity contribution in [2.45, 2.75) is 26.0 Å². The lowest BCUT2D eigenvalue weighted by molar-refractivity contribution is 0.168. The quantitative estimate of drug-likeness (QED) is 0.541. The van der Waals surface area contributed by atoms with E-state index in [4.69, 9.17) is 0 Å². The zero-order valence-electron chi connectivity index (χ0n) is 13.9. The van der Waals surface area contributed by atoms with Crippen LogP contribution < -0.4 is 10.6 Å². The first-order valence-corrected chi connectivity index (χ1v) is 8.18. The van der Waals surface area contributed by atoms with E-state index in [-0.39, 0.29) is 5.82 Å². The molecule has 0 aliphatic heterocycles. The van der Waals surface area contributed by atoms with Gasteiger partial charge in [-0.1, -0.05) is 42.5 Å². The molecular formula is C19H24FN3O. The minimum Gasteiger partial charge on any atom is -0.388 e. The van der Waals surface area contributed by atoms with Crippen LogP contribution in [0.5, 0.6) is 0 Å². The number of nitrogens with zero attached hydrogens (tertiary/aromatic N) is 1. The summed E-state index contributed by atoms with van der Waals surface area (Å²) in [5.41, 5.74) is 1.72. The van der Waals surface area contributed by atoms with Gasteiger partial charge in [0.25, 0.3) is 0 Å². The highest BCUT2D eigenvalue weighted by Crippen LogP contribution is 2.14. The molecule has 24 heavy (non-hydrogen) atoms. The normalized spacial score (nSPS) is 12.7. The van der Waals surface area contributed by atoms with Crippen molar-refractivity contribution in [2.75, 3.05) is 13.1 Å². The van der Waals surface area contributed by atoms with Gasteiger partial charge in [0.2, 0.25) is 0 Å². The van der Waals surface area contributed by atoms with Crippen LogP contribution in [0.4, 0.5) is 4.39 Å². The first kappa shape index (κ1) is 17.9. The Labute approximate surface area is 142 Å². The van der Waals surface area contributed by atoms with Crippen LogP contribution in [-0.2, 0) is 6.54 Å². The summed E-state index contributed by atoms with van der Waals surface area (Å²) in [5.74, 6) is 0.397. The van der Waals surface area contributed by atoms with Crippen LogP contribution in [-0.4, -0.2) is 24.2 Å². The van der Waals surface area contributed by atoms with Gasteiger partial charge in [0.1, 0.15) is 5.82 Å².